The number of carbonyl (C=O) groups excluding carboxylic acids is 1. The highest BCUT2D eigenvalue weighted by molar-refractivity contribution is 5.75. The van der Waals surface area contributed by atoms with E-state index in [1.165, 1.54) is 7.11 Å². The molecule has 4 nitrogen and oxygen atoms in total. The Balaban J connectivity index is 2.54. The van der Waals surface area contributed by atoms with Gasteiger partial charge < -0.3 is 9.47 Å². The average Bonchev–Trinajstić information content (AvgIpc) is 2.45. The molecular weight excluding hydrogens is 182 g/mol. The number of rotatable bonds is 3. The second-order valence-corrected chi connectivity index (χ2v) is 4.07. The first-order valence-corrected chi connectivity index (χ1v) is 4.97. The van der Waals surface area contributed by atoms with E-state index in [0.717, 1.165) is 13.0 Å². The fourth-order valence-corrected chi connectivity index (χ4v) is 1.75. The molecule has 1 aliphatic rings. The third-order valence-corrected chi connectivity index (χ3v) is 2.99. The van der Waals surface area contributed by atoms with Gasteiger partial charge in [0.15, 0.2) is 0 Å². The molecule has 4 heteroatoms. The number of nitrogens with one attached hydrogen (secondary N) is 1. The summed E-state index contributed by atoms with van der Waals surface area (Å²) in [6.45, 7) is 6.65. The van der Waals surface area contributed by atoms with Crippen molar-refractivity contribution in [3.63, 3.8) is 0 Å². The van der Waals surface area contributed by atoms with E-state index in [9.17, 15) is 4.79 Å². The molecule has 0 radical (unpaired) electrons. The quantitative estimate of drug-likeness (QED) is 0.683. The molecule has 1 rings (SSSR count). The van der Waals surface area contributed by atoms with Gasteiger partial charge in [0.2, 0.25) is 0 Å². The first-order chi connectivity index (χ1) is 6.49. The topological polar surface area (TPSA) is 47.6 Å². The molecule has 0 aliphatic carbocycles. The minimum atomic E-state index is -0.283. The van der Waals surface area contributed by atoms with E-state index in [2.05, 4.69) is 17.0 Å². The van der Waals surface area contributed by atoms with Crippen molar-refractivity contribution in [3.05, 3.63) is 0 Å². The van der Waals surface area contributed by atoms with Gasteiger partial charge in [0.1, 0.15) is 6.04 Å². The van der Waals surface area contributed by atoms with E-state index in [-0.39, 0.29) is 23.7 Å². The number of carbonyl (C=O) groups is 1. The Morgan fingerprint density at radius 2 is 2.36 bits per heavy atom. The molecule has 0 aromatic heterocycles. The summed E-state index contributed by atoms with van der Waals surface area (Å²) in [5.74, 6) is -0.231. The lowest BCUT2D eigenvalue weighted by Crippen LogP contribution is -2.54. The predicted molar refractivity (Wildman–Crippen MR) is 53.0 cm³/mol. The molecule has 1 saturated heterocycles. The zero-order valence-corrected chi connectivity index (χ0v) is 9.29. The third kappa shape index (κ3) is 2.25. The molecule has 3 atom stereocenters. The van der Waals surface area contributed by atoms with Crippen LogP contribution < -0.4 is 5.32 Å². The van der Waals surface area contributed by atoms with Gasteiger partial charge in [-0.05, 0) is 27.2 Å². The van der Waals surface area contributed by atoms with Crippen molar-refractivity contribution in [2.75, 3.05) is 13.7 Å². The highest BCUT2D eigenvalue weighted by atomic mass is 16.5. The zero-order valence-electron chi connectivity index (χ0n) is 9.29. The minimum Gasteiger partial charge on any atom is -0.468 e. The maximum Gasteiger partial charge on any atom is 0.322 e. The van der Waals surface area contributed by atoms with Crippen LogP contribution in [0.15, 0.2) is 0 Å². The molecule has 0 spiro atoms. The predicted octanol–water partition coefficient (Wildman–Crippen LogP) is 0.705. The van der Waals surface area contributed by atoms with Crippen molar-refractivity contribution in [1.29, 1.82) is 0 Å². The van der Waals surface area contributed by atoms with Crippen molar-refractivity contribution in [3.8, 4) is 0 Å². The minimum absolute atomic E-state index is 0.117. The van der Waals surface area contributed by atoms with E-state index in [1.807, 2.05) is 13.8 Å². The SMILES string of the molecule is COC(=O)C(C)NC1(C)CCOC1C. The van der Waals surface area contributed by atoms with Crippen LogP contribution >= 0.6 is 0 Å². The number of methoxy groups -OCH3 is 1. The summed E-state index contributed by atoms with van der Waals surface area (Å²) in [5.41, 5.74) is -0.117. The van der Waals surface area contributed by atoms with Gasteiger partial charge in [-0.3, -0.25) is 10.1 Å². The summed E-state index contributed by atoms with van der Waals surface area (Å²) < 4.78 is 10.1. The maximum absolute atomic E-state index is 11.2. The zero-order chi connectivity index (χ0) is 10.8. The molecule has 3 unspecified atom stereocenters. The molecule has 1 aliphatic heterocycles. The Morgan fingerprint density at radius 1 is 1.71 bits per heavy atom. The number of ether oxygens (including phenoxy) is 2. The fraction of sp³-hybridized carbons (Fsp3) is 0.900. The van der Waals surface area contributed by atoms with Crippen LogP contribution in [0.4, 0.5) is 0 Å². The third-order valence-electron chi connectivity index (χ3n) is 2.99. The van der Waals surface area contributed by atoms with Crippen LogP contribution in [0.25, 0.3) is 0 Å². The van der Waals surface area contributed by atoms with Crippen molar-refractivity contribution in [2.24, 2.45) is 0 Å². The lowest BCUT2D eigenvalue weighted by Gasteiger charge is -2.31. The molecule has 0 amide bonds. The summed E-state index contributed by atoms with van der Waals surface area (Å²) in [5, 5.41) is 3.26. The highest BCUT2D eigenvalue weighted by Gasteiger charge is 2.38. The summed E-state index contributed by atoms with van der Waals surface area (Å²) in [6.07, 6.45) is 1.06. The summed E-state index contributed by atoms with van der Waals surface area (Å²) >= 11 is 0. The fourth-order valence-electron chi connectivity index (χ4n) is 1.75. The molecule has 0 aromatic rings. The highest BCUT2D eigenvalue weighted by Crippen LogP contribution is 2.25. The van der Waals surface area contributed by atoms with Crippen LogP contribution in [0.1, 0.15) is 27.2 Å². The monoisotopic (exact) mass is 201 g/mol. The van der Waals surface area contributed by atoms with E-state index in [1.54, 1.807) is 0 Å². The first-order valence-electron chi connectivity index (χ1n) is 4.97. The smallest absolute Gasteiger partial charge is 0.322 e. The summed E-state index contributed by atoms with van der Waals surface area (Å²) in [7, 11) is 1.40. The van der Waals surface area contributed by atoms with E-state index in [4.69, 9.17) is 4.74 Å². The Labute approximate surface area is 85.0 Å². The number of hydrogen-bond donors (Lipinski definition) is 1. The van der Waals surface area contributed by atoms with Gasteiger partial charge in [0.25, 0.3) is 0 Å². The maximum atomic E-state index is 11.2. The van der Waals surface area contributed by atoms with Gasteiger partial charge >= 0.3 is 5.97 Å². The van der Waals surface area contributed by atoms with Gasteiger partial charge in [-0.25, -0.2) is 0 Å². The standard InChI is InChI=1S/C10H19NO3/c1-7(9(12)13-4)11-10(3)5-6-14-8(10)2/h7-8,11H,5-6H2,1-4H3. The summed E-state index contributed by atoms with van der Waals surface area (Å²) in [4.78, 5) is 11.2. The Hall–Kier alpha value is -0.610. The van der Waals surface area contributed by atoms with Gasteiger partial charge in [-0.15, -0.1) is 0 Å². The second kappa shape index (κ2) is 4.28. The van der Waals surface area contributed by atoms with Crippen molar-refractivity contribution < 1.29 is 14.3 Å². The van der Waals surface area contributed by atoms with E-state index >= 15 is 0 Å². The molecule has 0 bridgehead atoms. The molecule has 14 heavy (non-hydrogen) atoms. The molecule has 1 heterocycles. The summed E-state index contributed by atoms with van der Waals surface area (Å²) in [6, 6.07) is -0.283. The first kappa shape index (κ1) is 11.5. The lowest BCUT2D eigenvalue weighted by molar-refractivity contribution is -0.143. The van der Waals surface area contributed by atoms with Crippen LogP contribution in [0.5, 0.6) is 0 Å². The lowest BCUT2D eigenvalue weighted by atomic mass is 9.93. The van der Waals surface area contributed by atoms with Gasteiger partial charge in [0, 0.05) is 12.1 Å². The second-order valence-electron chi connectivity index (χ2n) is 4.07. The van der Waals surface area contributed by atoms with Crippen LogP contribution in [-0.2, 0) is 14.3 Å². The van der Waals surface area contributed by atoms with Crippen LogP contribution in [-0.4, -0.2) is 37.4 Å². The van der Waals surface area contributed by atoms with Crippen LogP contribution in [0.3, 0.4) is 0 Å². The van der Waals surface area contributed by atoms with E-state index in [0.29, 0.717) is 0 Å². The number of esters is 1. The molecule has 1 fully saturated rings. The van der Waals surface area contributed by atoms with Gasteiger partial charge in [0.05, 0.1) is 13.2 Å². The van der Waals surface area contributed by atoms with Gasteiger partial charge in [-0.2, -0.15) is 0 Å². The molecule has 0 aromatic carbocycles. The van der Waals surface area contributed by atoms with Crippen molar-refractivity contribution in [1.82, 2.24) is 5.32 Å². The van der Waals surface area contributed by atoms with E-state index < -0.39 is 0 Å². The number of hydrogen-bond acceptors (Lipinski definition) is 4. The normalized spacial score (nSPS) is 34.1. The Morgan fingerprint density at radius 3 is 2.79 bits per heavy atom. The van der Waals surface area contributed by atoms with Gasteiger partial charge in [-0.1, -0.05) is 0 Å². The largest absolute Gasteiger partial charge is 0.468 e. The van der Waals surface area contributed by atoms with Crippen molar-refractivity contribution in [2.45, 2.75) is 44.9 Å². The molecular formula is C10H19NO3. The Kier molecular flexibility index (Phi) is 3.50. The molecule has 1 N–H and O–H groups in total. The Bertz CT molecular complexity index is 219. The molecule has 0 saturated carbocycles. The van der Waals surface area contributed by atoms with Crippen LogP contribution in [0.2, 0.25) is 0 Å². The average molecular weight is 201 g/mol. The van der Waals surface area contributed by atoms with Crippen molar-refractivity contribution >= 4 is 5.97 Å². The molecule has 82 valence electrons. The van der Waals surface area contributed by atoms with Crippen LogP contribution in [0, 0.1) is 0 Å².